The molecule has 4 aromatic rings. The summed E-state index contributed by atoms with van der Waals surface area (Å²) in [7, 11) is -1.32. The summed E-state index contributed by atoms with van der Waals surface area (Å²) in [5.41, 5.74) is 0.291. The molecule has 2 atom stereocenters. The number of rotatable bonds is 7. The number of likely N-dealkylation sites (tertiary alicyclic amines) is 1. The summed E-state index contributed by atoms with van der Waals surface area (Å²) >= 11 is 0. The number of hydrogen-bond acceptors (Lipinski definition) is 1. The second kappa shape index (κ2) is 11.2. The Balaban J connectivity index is 1.48. The summed E-state index contributed by atoms with van der Waals surface area (Å²) in [5, 5.41) is 15.5. The van der Waals surface area contributed by atoms with Gasteiger partial charge in [-0.3, -0.25) is 0 Å². The van der Waals surface area contributed by atoms with Crippen LogP contribution in [0.5, 0.6) is 0 Å². The maximum atomic E-state index is 12.4. The number of carboxylic acid groups (broad SMARTS) is 1. The molecule has 1 aliphatic heterocycles. The van der Waals surface area contributed by atoms with Gasteiger partial charge in [-0.05, 0) is 49.6 Å². The van der Waals surface area contributed by atoms with Crippen molar-refractivity contribution in [2.45, 2.75) is 18.1 Å². The van der Waals surface area contributed by atoms with Crippen molar-refractivity contribution in [1.82, 2.24) is 4.90 Å². The molecule has 1 amide bonds. The van der Waals surface area contributed by atoms with E-state index in [1.165, 1.54) is 21.2 Å². The van der Waals surface area contributed by atoms with Gasteiger partial charge in [0.2, 0.25) is 0 Å². The van der Waals surface area contributed by atoms with Crippen LogP contribution in [-0.4, -0.2) is 40.5 Å². The molecule has 1 heterocycles. The Labute approximate surface area is 210 Å². The topological polar surface area (TPSA) is 40.5 Å². The van der Waals surface area contributed by atoms with Crippen LogP contribution in [0.25, 0.3) is 0 Å². The van der Waals surface area contributed by atoms with E-state index in [-0.39, 0.29) is 6.04 Å². The molecule has 35 heavy (non-hydrogen) atoms. The minimum atomic E-state index is -0.801. The Hall–Kier alpha value is -2.99. The summed E-state index contributed by atoms with van der Waals surface area (Å²) in [6.45, 7) is 0.586. The fourth-order valence-electron chi connectivity index (χ4n) is 5.02. The molecule has 0 spiro atoms. The maximum Gasteiger partial charge on any atom is 0.407 e. The first kappa shape index (κ1) is 23.7. The molecule has 0 radical (unpaired) electrons. The third-order valence-electron chi connectivity index (χ3n) is 6.60. The molecule has 0 saturated carbocycles. The molecule has 176 valence electrons. The summed E-state index contributed by atoms with van der Waals surface area (Å²) in [4.78, 5) is 14.2. The minimum Gasteiger partial charge on any atom is -0.465 e. The van der Waals surface area contributed by atoms with Gasteiger partial charge in [0.25, 0.3) is 0 Å². The Morgan fingerprint density at radius 2 is 1.09 bits per heavy atom. The minimum absolute atomic E-state index is 0.00134. The smallest absolute Gasteiger partial charge is 0.407 e. The molecule has 4 aromatic carbocycles. The van der Waals surface area contributed by atoms with Gasteiger partial charge in [-0.15, -0.1) is 0 Å². The fourth-order valence-corrected chi connectivity index (χ4v) is 10.5. The first-order valence-electron chi connectivity index (χ1n) is 12.0. The van der Waals surface area contributed by atoms with Crippen LogP contribution in [0.15, 0.2) is 121 Å². The van der Waals surface area contributed by atoms with Crippen LogP contribution in [0.2, 0.25) is 0 Å². The Bertz CT molecular complexity index is 1140. The van der Waals surface area contributed by atoms with Crippen LogP contribution in [-0.2, 0) is 0 Å². The van der Waals surface area contributed by atoms with E-state index in [9.17, 15) is 9.90 Å². The van der Waals surface area contributed by atoms with Gasteiger partial charge in [0.1, 0.15) is 0 Å². The lowest BCUT2D eigenvalue weighted by molar-refractivity contribution is 0.144. The largest absolute Gasteiger partial charge is 0.465 e. The van der Waals surface area contributed by atoms with Crippen LogP contribution >= 0.6 is 15.8 Å². The van der Waals surface area contributed by atoms with Crippen molar-refractivity contribution in [1.29, 1.82) is 0 Å². The second-order valence-electron chi connectivity index (χ2n) is 8.80. The van der Waals surface area contributed by atoms with Gasteiger partial charge in [-0.25, -0.2) is 4.79 Å². The lowest BCUT2D eigenvalue weighted by Gasteiger charge is -2.27. The molecular formula is C30H29NO2P2. The molecule has 5 rings (SSSR count). The average molecular weight is 498 g/mol. The maximum absolute atomic E-state index is 12.4. The van der Waals surface area contributed by atoms with E-state index in [0.29, 0.717) is 12.2 Å². The molecule has 0 bridgehead atoms. The highest BCUT2D eigenvalue weighted by atomic mass is 31.1. The Kier molecular flexibility index (Phi) is 7.57. The predicted molar refractivity (Wildman–Crippen MR) is 150 cm³/mol. The zero-order valence-corrected chi connectivity index (χ0v) is 21.3. The van der Waals surface area contributed by atoms with Crippen molar-refractivity contribution in [3.63, 3.8) is 0 Å². The zero-order valence-electron chi connectivity index (χ0n) is 19.5. The molecule has 1 N–H and O–H groups in total. The van der Waals surface area contributed by atoms with Gasteiger partial charge in [-0.2, -0.15) is 0 Å². The molecule has 0 aliphatic carbocycles. The highest BCUT2D eigenvalue weighted by Gasteiger charge is 2.41. The standard InChI is InChI=1S/C30H29NO2P2/c32-30(33)31-22-29(35(27-17-9-3-10-18-27)28-19-11-4-12-20-28)21-24(31)23-34(25-13-5-1-6-14-25)26-15-7-2-8-16-26/h1-20,24,29H,21-23H2,(H,32,33). The van der Waals surface area contributed by atoms with Gasteiger partial charge in [0, 0.05) is 18.2 Å². The molecule has 1 fully saturated rings. The van der Waals surface area contributed by atoms with E-state index in [1.807, 2.05) is 12.1 Å². The number of benzene rings is 4. The van der Waals surface area contributed by atoms with Crippen LogP contribution < -0.4 is 21.2 Å². The Morgan fingerprint density at radius 3 is 1.49 bits per heavy atom. The van der Waals surface area contributed by atoms with Gasteiger partial charge in [0.05, 0.1) is 0 Å². The Morgan fingerprint density at radius 1 is 0.686 bits per heavy atom. The highest BCUT2D eigenvalue weighted by molar-refractivity contribution is 7.74. The van der Waals surface area contributed by atoms with Crippen molar-refractivity contribution in [3.8, 4) is 0 Å². The summed E-state index contributed by atoms with van der Waals surface area (Å²) in [5.74, 6) is 0. The monoisotopic (exact) mass is 497 g/mol. The fraction of sp³-hybridized carbons (Fsp3) is 0.167. The van der Waals surface area contributed by atoms with E-state index >= 15 is 0 Å². The first-order chi connectivity index (χ1) is 17.2. The van der Waals surface area contributed by atoms with Gasteiger partial charge < -0.3 is 10.0 Å². The number of hydrogen-bond donors (Lipinski definition) is 1. The van der Waals surface area contributed by atoms with Crippen LogP contribution in [0.1, 0.15) is 6.42 Å². The van der Waals surface area contributed by atoms with Gasteiger partial charge in [0.15, 0.2) is 0 Å². The summed E-state index contributed by atoms with van der Waals surface area (Å²) in [6, 6.07) is 42.5. The van der Waals surface area contributed by atoms with Crippen molar-refractivity contribution in [2.75, 3.05) is 12.7 Å². The molecule has 1 aliphatic rings. The second-order valence-corrected chi connectivity index (χ2v) is 13.6. The molecule has 0 aromatic heterocycles. The summed E-state index contributed by atoms with van der Waals surface area (Å²) < 4.78 is 0. The van der Waals surface area contributed by atoms with E-state index in [0.717, 1.165) is 12.6 Å². The van der Waals surface area contributed by atoms with Crippen LogP contribution in [0.4, 0.5) is 4.79 Å². The molecule has 3 nitrogen and oxygen atoms in total. The number of nitrogens with zero attached hydrogens (tertiary/aromatic N) is 1. The van der Waals surface area contributed by atoms with E-state index in [2.05, 4.69) is 109 Å². The molecule has 5 heteroatoms. The highest BCUT2D eigenvalue weighted by Crippen LogP contribution is 2.47. The van der Waals surface area contributed by atoms with Crippen LogP contribution in [0.3, 0.4) is 0 Å². The van der Waals surface area contributed by atoms with Crippen LogP contribution in [0, 0.1) is 0 Å². The normalized spacial score (nSPS) is 17.7. The van der Waals surface area contributed by atoms with Crippen molar-refractivity contribution < 1.29 is 9.90 Å². The number of carbonyl (C=O) groups is 1. The SMILES string of the molecule is O=C(O)N1CC(P(c2ccccc2)c2ccccc2)CC1CP(c1ccccc1)c1ccccc1. The zero-order chi connectivity index (χ0) is 24.0. The molecule has 2 unspecified atom stereocenters. The van der Waals surface area contributed by atoms with E-state index in [4.69, 9.17) is 0 Å². The third kappa shape index (κ3) is 5.48. The first-order valence-corrected chi connectivity index (χ1v) is 14.9. The van der Waals surface area contributed by atoms with Gasteiger partial charge >= 0.3 is 6.09 Å². The van der Waals surface area contributed by atoms with Crippen molar-refractivity contribution in [3.05, 3.63) is 121 Å². The van der Waals surface area contributed by atoms with Crippen molar-refractivity contribution in [2.24, 2.45) is 0 Å². The van der Waals surface area contributed by atoms with Crippen molar-refractivity contribution >= 4 is 43.2 Å². The van der Waals surface area contributed by atoms with E-state index in [1.54, 1.807) is 4.90 Å². The lowest BCUT2D eigenvalue weighted by Crippen LogP contribution is -2.38. The van der Waals surface area contributed by atoms with E-state index < -0.39 is 21.9 Å². The summed E-state index contributed by atoms with van der Waals surface area (Å²) in [6.07, 6.45) is 0.934. The quantitative estimate of drug-likeness (QED) is 0.349. The predicted octanol–water partition coefficient (Wildman–Crippen LogP) is 5.37. The lowest BCUT2D eigenvalue weighted by atomic mass is 10.2. The average Bonchev–Trinajstić information content (AvgIpc) is 3.33. The third-order valence-corrected chi connectivity index (χ3v) is 12.0. The molecular weight excluding hydrogens is 468 g/mol. The number of amides is 1. The van der Waals surface area contributed by atoms with Gasteiger partial charge in [-0.1, -0.05) is 121 Å². The molecule has 1 saturated heterocycles.